The van der Waals surface area contributed by atoms with Crippen LogP contribution in [0.1, 0.15) is 108 Å². The highest BCUT2D eigenvalue weighted by molar-refractivity contribution is 4.75. The van der Waals surface area contributed by atoms with E-state index in [9.17, 15) is 0 Å². The van der Waals surface area contributed by atoms with Gasteiger partial charge in [0.15, 0.2) is 0 Å². The highest BCUT2D eigenvalue weighted by atomic mass is 16.5. The van der Waals surface area contributed by atoms with Crippen LogP contribution in [0.4, 0.5) is 0 Å². The zero-order chi connectivity index (χ0) is 19.7. The second-order valence-electron chi connectivity index (χ2n) is 11.6. The summed E-state index contributed by atoms with van der Waals surface area (Å²) in [7, 11) is 0. The lowest BCUT2D eigenvalue weighted by Gasteiger charge is -2.31. The molecule has 3 atom stereocenters. The van der Waals surface area contributed by atoms with Crippen molar-refractivity contribution < 1.29 is 4.74 Å². The third kappa shape index (κ3) is 15.9. The van der Waals surface area contributed by atoms with Crippen molar-refractivity contribution >= 4 is 0 Å². The van der Waals surface area contributed by atoms with Crippen LogP contribution in [-0.2, 0) is 4.74 Å². The van der Waals surface area contributed by atoms with E-state index in [0.29, 0.717) is 16.7 Å². The Hall–Kier alpha value is -0.0400. The van der Waals surface area contributed by atoms with Gasteiger partial charge in [0.1, 0.15) is 0 Å². The Kier molecular flexibility index (Phi) is 11.6. The fourth-order valence-corrected chi connectivity index (χ4v) is 4.14. The molecule has 0 saturated carbocycles. The first-order valence-electron chi connectivity index (χ1n) is 10.9. The van der Waals surface area contributed by atoms with Gasteiger partial charge < -0.3 is 4.74 Å². The van der Waals surface area contributed by atoms with Crippen molar-refractivity contribution in [2.24, 2.45) is 34.5 Å². The molecule has 1 nitrogen and oxygen atoms in total. The molecule has 0 aromatic heterocycles. The van der Waals surface area contributed by atoms with Crippen LogP contribution in [0.15, 0.2) is 0 Å². The summed E-state index contributed by atoms with van der Waals surface area (Å²) in [5, 5.41) is 0. The van der Waals surface area contributed by atoms with Crippen LogP contribution in [-0.4, -0.2) is 13.2 Å². The third-order valence-corrected chi connectivity index (χ3v) is 5.13. The second-order valence-corrected chi connectivity index (χ2v) is 11.6. The average molecular weight is 355 g/mol. The maximum Gasteiger partial charge on any atom is 0.0496 e. The molecule has 25 heavy (non-hydrogen) atoms. The first-order valence-corrected chi connectivity index (χ1v) is 10.9. The predicted molar refractivity (Wildman–Crippen MR) is 114 cm³/mol. The zero-order valence-electron chi connectivity index (χ0n) is 19.4. The van der Waals surface area contributed by atoms with Crippen molar-refractivity contribution in [3.05, 3.63) is 0 Å². The molecule has 0 N–H and O–H groups in total. The quantitative estimate of drug-likeness (QED) is 0.323. The van der Waals surface area contributed by atoms with E-state index in [1.807, 2.05) is 0 Å². The number of hydrogen-bond acceptors (Lipinski definition) is 1. The molecule has 0 radical (unpaired) electrons. The fourth-order valence-electron chi connectivity index (χ4n) is 4.14. The molecule has 3 unspecified atom stereocenters. The molecule has 0 aliphatic carbocycles. The summed E-state index contributed by atoms with van der Waals surface area (Å²) in [5.74, 6) is 3.05. The van der Waals surface area contributed by atoms with Gasteiger partial charge in [-0.15, -0.1) is 0 Å². The molecule has 152 valence electrons. The Balaban J connectivity index is 4.46. The molecular formula is C24H50O. The van der Waals surface area contributed by atoms with Crippen molar-refractivity contribution in [2.45, 2.75) is 108 Å². The lowest BCUT2D eigenvalue weighted by molar-refractivity contribution is 0.0595. The van der Waals surface area contributed by atoms with Gasteiger partial charge in [0.05, 0.1) is 0 Å². The SMILES string of the molecule is CC(C)CCCOCC(CCC(C)CC(C)(C)C)C(C)CC(C)(C)C. The smallest absolute Gasteiger partial charge is 0.0496 e. The van der Waals surface area contributed by atoms with Crippen LogP contribution in [0.2, 0.25) is 0 Å². The largest absolute Gasteiger partial charge is 0.381 e. The van der Waals surface area contributed by atoms with Crippen LogP contribution >= 0.6 is 0 Å². The second kappa shape index (κ2) is 11.6. The lowest BCUT2D eigenvalue weighted by atomic mass is 9.76. The van der Waals surface area contributed by atoms with Crippen molar-refractivity contribution in [1.82, 2.24) is 0 Å². The highest BCUT2D eigenvalue weighted by Crippen LogP contribution is 2.33. The maximum atomic E-state index is 6.12. The van der Waals surface area contributed by atoms with Crippen molar-refractivity contribution in [1.29, 1.82) is 0 Å². The van der Waals surface area contributed by atoms with Gasteiger partial charge in [-0.25, -0.2) is 0 Å². The summed E-state index contributed by atoms with van der Waals surface area (Å²) in [4.78, 5) is 0. The molecule has 0 heterocycles. The lowest BCUT2D eigenvalue weighted by Crippen LogP contribution is -2.24. The van der Waals surface area contributed by atoms with E-state index < -0.39 is 0 Å². The Morgan fingerprint density at radius 3 is 1.76 bits per heavy atom. The summed E-state index contributed by atoms with van der Waals surface area (Å²) in [5.41, 5.74) is 0.853. The van der Waals surface area contributed by atoms with Crippen LogP contribution in [0, 0.1) is 34.5 Å². The van der Waals surface area contributed by atoms with Gasteiger partial charge in [-0.3, -0.25) is 0 Å². The maximum absolute atomic E-state index is 6.12. The highest BCUT2D eigenvalue weighted by Gasteiger charge is 2.24. The van der Waals surface area contributed by atoms with E-state index in [0.717, 1.165) is 31.0 Å². The molecule has 0 saturated heterocycles. The molecule has 0 aromatic rings. The van der Waals surface area contributed by atoms with Crippen molar-refractivity contribution in [3.8, 4) is 0 Å². The summed E-state index contributed by atoms with van der Waals surface area (Å²) >= 11 is 0. The molecule has 0 aliphatic rings. The van der Waals surface area contributed by atoms with Gasteiger partial charge in [0.2, 0.25) is 0 Å². The van der Waals surface area contributed by atoms with Crippen molar-refractivity contribution in [3.63, 3.8) is 0 Å². The van der Waals surface area contributed by atoms with Crippen molar-refractivity contribution in [2.75, 3.05) is 13.2 Å². The van der Waals surface area contributed by atoms with E-state index in [1.165, 1.54) is 38.5 Å². The van der Waals surface area contributed by atoms with E-state index in [1.54, 1.807) is 0 Å². The minimum absolute atomic E-state index is 0.409. The van der Waals surface area contributed by atoms with Gasteiger partial charge in [0.25, 0.3) is 0 Å². The first kappa shape index (κ1) is 25.0. The van der Waals surface area contributed by atoms with Crippen LogP contribution in [0.5, 0.6) is 0 Å². The monoisotopic (exact) mass is 354 g/mol. The average Bonchev–Trinajstić information content (AvgIpc) is 2.37. The first-order chi connectivity index (χ1) is 11.3. The van der Waals surface area contributed by atoms with Gasteiger partial charge in [0, 0.05) is 13.2 Å². The fraction of sp³-hybridized carbons (Fsp3) is 1.00. The third-order valence-electron chi connectivity index (χ3n) is 5.13. The zero-order valence-corrected chi connectivity index (χ0v) is 19.4. The Bertz CT molecular complexity index is 318. The van der Waals surface area contributed by atoms with E-state index >= 15 is 0 Å². The predicted octanol–water partition coefficient (Wildman–Crippen LogP) is 7.98. The molecule has 1 heteroatoms. The topological polar surface area (TPSA) is 9.23 Å². The summed E-state index contributed by atoms with van der Waals surface area (Å²) in [6.07, 6.45) is 7.76. The molecular weight excluding hydrogens is 304 g/mol. The molecule has 0 spiro atoms. The standard InChI is InChI=1S/C24H50O/c1-19(2)12-11-15-25-18-22(21(4)17-24(8,9)10)14-13-20(3)16-23(5,6)7/h19-22H,11-18H2,1-10H3. The Morgan fingerprint density at radius 1 is 0.720 bits per heavy atom. The molecule has 0 rings (SSSR count). The van der Waals surface area contributed by atoms with Crippen LogP contribution in [0.3, 0.4) is 0 Å². The number of hydrogen-bond donors (Lipinski definition) is 0. The van der Waals surface area contributed by atoms with E-state index in [-0.39, 0.29) is 0 Å². The van der Waals surface area contributed by atoms with E-state index in [2.05, 4.69) is 69.2 Å². The summed E-state index contributed by atoms with van der Waals surface area (Å²) < 4.78 is 6.12. The van der Waals surface area contributed by atoms with Crippen LogP contribution in [0.25, 0.3) is 0 Å². The molecule has 0 bridgehead atoms. The summed E-state index contributed by atoms with van der Waals surface area (Å²) in [6.45, 7) is 25.6. The van der Waals surface area contributed by atoms with Gasteiger partial charge >= 0.3 is 0 Å². The van der Waals surface area contributed by atoms with E-state index in [4.69, 9.17) is 4.74 Å². The molecule has 0 aromatic carbocycles. The van der Waals surface area contributed by atoms with Crippen LogP contribution < -0.4 is 0 Å². The Labute approximate surface area is 160 Å². The molecule has 0 aliphatic heterocycles. The Morgan fingerprint density at radius 2 is 1.28 bits per heavy atom. The normalized spacial score (nSPS) is 16.9. The van der Waals surface area contributed by atoms with Gasteiger partial charge in [-0.2, -0.15) is 0 Å². The molecule has 0 amide bonds. The minimum Gasteiger partial charge on any atom is -0.381 e. The van der Waals surface area contributed by atoms with Gasteiger partial charge in [-0.05, 0) is 66.6 Å². The minimum atomic E-state index is 0.409. The summed E-state index contributed by atoms with van der Waals surface area (Å²) in [6, 6.07) is 0. The molecule has 0 fully saturated rings. The number of rotatable bonds is 12. The van der Waals surface area contributed by atoms with Gasteiger partial charge in [-0.1, -0.05) is 75.7 Å². The number of ether oxygens (including phenoxy) is 1.